The van der Waals surface area contributed by atoms with E-state index in [-0.39, 0.29) is 0 Å². The largest absolute Gasteiger partial charge is 0.308 e. The Morgan fingerprint density at radius 3 is 2.50 bits per heavy atom. The lowest BCUT2D eigenvalue weighted by molar-refractivity contribution is 0.312. The summed E-state index contributed by atoms with van der Waals surface area (Å²) in [6.45, 7) is 0.868. The van der Waals surface area contributed by atoms with Crippen LogP contribution in [0.5, 0.6) is 0 Å². The van der Waals surface area contributed by atoms with Crippen LogP contribution in [0.25, 0.3) is 0 Å². The van der Waals surface area contributed by atoms with Crippen LogP contribution in [0, 0.1) is 5.92 Å². The third-order valence-electron chi connectivity index (χ3n) is 2.81. The first-order valence-corrected chi connectivity index (χ1v) is 5.82. The van der Waals surface area contributed by atoms with Crippen molar-refractivity contribution >= 4 is 16.3 Å². The van der Waals surface area contributed by atoms with E-state index >= 15 is 0 Å². The summed E-state index contributed by atoms with van der Waals surface area (Å²) in [4.78, 5) is 0. The van der Waals surface area contributed by atoms with E-state index in [0.29, 0.717) is 0 Å². The molecule has 0 amide bonds. The van der Waals surface area contributed by atoms with Crippen molar-refractivity contribution in [3.8, 4) is 0 Å². The van der Waals surface area contributed by atoms with Gasteiger partial charge in [0, 0.05) is 0 Å². The van der Waals surface area contributed by atoms with Gasteiger partial charge >= 0.3 is 0 Å². The van der Waals surface area contributed by atoms with Gasteiger partial charge < -0.3 is 3.83 Å². The molecule has 2 heteroatoms. The molecule has 12 heavy (non-hydrogen) atoms. The van der Waals surface area contributed by atoms with Crippen LogP contribution in [-0.4, -0.2) is 6.61 Å². The topological polar surface area (TPSA) is 9.23 Å². The third kappa shape index (κ3) is 4.46. The Hall–Kier alpha value is 0.440. The number of rotatable bonds is 5. The minimum atomic E-state index is 0.868. The Balaban J connectivity index is 1.91. The fourth-order valence-electron chi connectivity index (χ4n) is 2.07. The molecule has 0 atom stereocenters. The lowest BCUT2D eigenvalue weighted by atomic mass is 9.86. The van der Waals surface area contributed by atoms with E-state index in [1.807, 2.05) is 0 Å². The van der Waals surface area contributed by atoms with Crippen molar-refractivity contribution < 1.29 is 3.83 Å². The second-order valence-electron chi connectivity index (χ2n) is 3.81. The quantitative estimate of drug-likeness (QED) is 0.653. The van der Waals surface area contributed by atoms with E-state index in [1.165, 1.54) is 51.4 Å². The fourth-order valence-corrected chi connectivity index (χ4v) is 2.29. The van der Waals surface area contributed by atoms with Crippen LogP contribution < -0.4 is 0 Å². The number of halogens is 1. The summed E-state index contributed by atoms with van der Waals surface area (Å²) in [5.41, 5.74) is 0. The summed E-state index contributed by atoms with van der Waals surface area (Å²) in [5, 5.41) is 0. The highest BCUT2D eigenvalue weighted by molar-refractivity contribution is 9.06. The molecule has 0 aliphatic heterocycles. The van der Waals surface area contributed by atoms with Gasteiger partial charge in [-0.15, -0.1) is 0 Å². The molecule has 1 aliphatic carbocycles. The molecular weight excluding hydrogens is 216 g/mol. The smallest absolute Gasteiger partial charge is 0.0987 e. The predicted molar refractivity (Wildman–Crippen MR) is 55.3 cm³/mol. The van der Waals surface area contributed by atoms with Crippen LogP contribution in [0.15, 0.2) is 0 Å². The summed E-state index contributed by atoms with van der Waals surface area (Å²) >= 11 is 2.98. The van der Waals surface area contributed by atoms with Gasteiger partial charge in [-0.25, -0.2) is 0 Å². The van der Waals surface area contributed by atoms with Crippen molar-refractivity contribution in [2.75, 3.05) is 6.61 Å². The maximum atomic E-state index is 4.84. The summed E-state index contributed by atoms with van der Waals surface area (Å²) in [6.07, 6.45) is 11.4. The zero-order valence-corrected chi connectivity index (χ0v) is 9.31. The van der Waals surface area contributed by atoms with Gasteiger partial charge in [-0.1, -0.05) is 44.9 Å². The van der Waals surface area contributed by atoms with Crippen LogP contribution in [0.4, 0.5) is 0 Å². The van der Waals surface area contributed by atoms with E-state index in [2.05, 4.69) is 16.3 Å². The third-order valence-corrected chi connectivity index (χ3v) is 3.13. The van der Waals surface area contributed by atoms with E-state index < -0.39 is 0 Å². The molecule has 0 bridgehead atoms. The predicted octanol–water partition coefficient (Wildman–Crippen LogP) is 4.06. The zero-order chi connectivity index (χ0) is 8.65. The first-order valence-electron chi connectivity index (χ1n) is 5.17. The molecule has 1 saturated carbocycles. The monoisotopic (exact) mass is 234 g/mol. The highest BCUT2D eigenvalue weighted by Gasteiger charge is 2.12. The lowest BCUT2D eigenvalue weighted by Gasteiger charge is -2.20. The van der Waals surface area contributed by atoms with Crippen LogP contribution in [0.1, 0.15) is 51.4 Å². The van der Waals surface area contributed by atoms with Gasteiger partial charge in [-0.05, 0) is 12.3 Å². The number of unbranched alkanes of at least 4 members (excludes halogenated alkanes) is 1. The van der Waals surface area contributed by atoms with Gasteiger partial charge in [0.05, 0.1) is 22.9 Å². The van der Waals surface area contributed by atoms with Gasteiger partial charge in [0.2, 0.25) is 0 Å². The maximum Gasteiger partial charge on any atom is 0.0987 e. The molecule has 1 rings (SSSR count). The zero-order valence-electron chi connectivity index (χ0n) is 7.73. The summed E-state index contributed by atoms with van der Waals surface area (Å²) in [7, 11) is 0. The van der Waals surface area contributed by atoms with Crippen LogP contribution in [-0.2, 0) is 3.83 Å². The van der Waals surface area contributed by atoms with Gasteiger partial charge in [0.25, 0.3) is 0 Å². The summed E-state index contributed by atoms with van der Waals surface area (Å²) in [5.74, 6) is 1.04. The van der Waals surface area contributed by atoms with Crippen molar-refractivity contribution in [1.29, 1.82) is 0 Å². The summed E-state index contributed by atoms with van der Waals surface area (Å²) in [6, 6.07) is 0. The second-order valence-corrected chi connectivity index (χ2v) is 4.27. The maximum absolute atomic E-state index is 4.84. The molecule has 0 aromatic heterocycles. The van der Waals surface area contributed by atoms with Crippen molar-refractivity contribution in [3.05, 3.63) is 0 Å². The highest BCUT2D eigenvalue weighted by atomic mass is 79.9. The molecule has 1 fully saturated rings. The molecular formula is C10H19BrO. The van der Waals surface area contributed by atoms with E-state index in [4.69, 9.17) is 3.83 Å². The van der Waals surface area contributed by atoms with Crippen molar-refractivity contribution in [2.24, 2.45) is 5.92 Å². The number of hydrogen-bond donors (Lipinski definition) is 0. The molecule has 1 aliphatic rings. The normalized spacial score (nSPS) is 19.8. The first-order chi connectivity index (χ1) is 5.93. The van der Waals surface area contributed by atoms with Gasteiger partial charge in [0.1, 0.15) is 0 Å². The molecule has 0 N–H and O–H groups in total. The molecule has 0 radical (unpaired) electrons. The average Bonchev–Trinajstić information content (AvgIpc) is 2.14. The Morgan fingerprint density at radius 1 is 1.08 bits per heavy atom. The van der Waals surface area contributed by atoms with Gasteiger partial charge in [-0.2, -0.15) is 0 Å². The lowest BCUT2D eigenvalue weighted by Crippen LogP contribution is -2.06. The highest BCUT2D eigenvalue weighted by Crippen LogP contribution is 2.27. The van der Waals surface area contributed by atoms with Gasteiger partial charge in [0.15, 0.2) is 0 Å². The van der Waals surface area contributed by atoms with Crippen molar-refractivity contribution in [1.82, 2.24) is 0 Å². The molecule has 0 unspecified atom stereocenters. The molecule has 0 aromatic carbocycles. The Bertz CT molecular complexity index is 100. The van der Waals surface area contributed by atoms with Gasteiger partial charge in [-0.3, -0.25) is 0 Å². The molecule has 1 nitrogen and oxygen atoms in total. The Kier molecular flexibility index (Phi) is 6.05. The van der Waals surface area contributed by atoms with E-state index in [1.54, 1.807) is 0 Å². The van der Waals surface area contributed by atoms with Crippen LogP contribution in [0.2, 0.25) is 0 Å². The van der Waals surface area contributed by atoms with E-state index in [9.17, 15) is 0 Å². The fraction of sp³-hybridized carbons (Fsp3) is 1.00. The molecule has 0 heterocycles. The molecule has 0 aromatic rings. The summed E-state index contributed by atoms with van der Waals surface area (Å²) < 4.78 is 4.84. The molecule has 0 saturated heterocycles. The average molecular weight is 235 g/mol. The minimum Gasteiger partial charge on any atom is -0.308 e. The minimum absolute atomic E-state index is 0.868. The van der Waals surface area contributed by atoms with E-state index in [0.717, 1.165) is 12.5 Å². The SMILES string of the molecule is BrOCCCCC1CCCCC1. The number of hydrogen-bond acceptors (Lipinski definition) is 1. The Labute approximate surface area is 84.3 Å². The molecule has 0 spiro atoms. The van der Waals surface area contributed by atoms with Crippen molar-refractivity contribution in [2.45, 2.75) is 51.4 Å². The van der Waals surface area contributed by atoms with Crippen molar-refractivity contribution in [3.63, 3.8) is 0 Å². The first kappa shape index (κ1) is 10.5. The van der Waals surface area contributed by atoms with Crippen LogP contribution in [0.3, 0.4) is 0 Å². The standard InChI is InChI=1S/C10H19BrO/c11-12-9-5-4-8-10-6-2-1-3-7-10/h10H,1-9H2. The Morgan fingerprint density at radius 2 is 1.83 bits per heavy atom. The molecule has 72 valence electrons. The second kappa shape index (κ2) is 6.90. The van der Waals surface area contributed by atoms with Crippen LogP contribution >= 0.6 is 16.3 Å².